The second-order valence-corrected chi connectivity index (χ2v) is 6.24. The van der Waals surface area contributed by atoms with Crippen molar-refractivity contribution in [3.8, 4) is 0 Å². The lowest BCUT2D eigenvalue weighted by atomic mass is 10.1. The van der Waals surface area contributed by atoms with Gasteiger partial charge in [-0.3, -0.25) is 10.6 Å². The molecule has 0 saturated heterocycles. The summed E-state index contributed by atoms with van der Waals surface area (Å²) in [5.41, 5.74) is 2.56. The fraction of sp³-hybridized carbons (Fsp3) is 0.647. The maximum Gasteiger partial charge on any atom is 0.213 e. The summed E-state index contributed by atoms with van der Waals surface area (Å²) in [5, 5.41) is 25.8. The summed E-state index contributed by atoms with van der Waals surface area (Å²) >= 11 is 0. The Morgan fingerprint density at radius 3 is 2.46 bits per heavy atom. The minimum absolute atomic E-state index is 0.212. The molecule has 0 bridgehead atoms. The number of nitrogens with zero attached hydrogens (tertiary/aromatic N) is 2. The number of aliphatic hydroxyl groups is 2. The van der Waals surface area contributed by atoms with Gasteiger partial charge in [-0.25, -0.2) is 0 Å². The third-order valence-electron chi connectivity index (χ3n) is 3.71. The smallest absolute Gasteiger partial charge is 0.213 e. The van der Waals surface area contributed by atoms with Crippen molar-refractivity contribution in [1.82, 2.24) is 15.5 Å². The van der Waals surface area contributed by atoms with Crippen molar-refractivity contribution in [3.63, 3.8) is 0 Å². The molecule has 0 saturated carbocycles. The number of hydrogen-bond donors (Lipinski definition) is 4. The van der Waals surface area contributed by atoms with Gasteiger partial charge < -0.3 is 24.7 Å². The van der Waals surface area contributed by atoms with Crippen LogP contribution in [0, 0.1) is 0 Å². The minimum Gasteiger partial charge on any atom is -0.378 e. The van der Waals surface area contributed by atoms with Crippen LogP contribution in [0.25, 0.3) is 0 Å². The van der Waals surface area contributed by atoms with Crippen molar-refractivity contribution in [2.75, 3.05) is 53.2 Å². The summed E-state index contributed by atoms with van der Waals surface area (Å²) in [6, 6.07) is 5.78. The molecular weight excluding hydrogens is 308 g/mol. The summed E-state index contributed by atoms with van der Waals surface area (Å²) in [5.74, 6) is 0. The SMILES string of the molecule is CNC(O)c1cc(N(C)C)ccc1CO[C@H](O)NCCCN(C)C. The Bertz CT molecular complexity index is 483. The summed E-state index contributed by atoms with van der Waals surface area (Å²) in [4.78, 5) is 4.06. The Morgan fingerprint density at radius 1 is 1.17 bits per heavy atom. The molecule has 24 heavy (non-hydrogen) atoms. The molecule has 138 valence electrons. The molecule has 0 heterocycles. The third-order valence-corrected chi connectivity index (χ3v) is 3.71. The van der Waals surface area contributed by atoms with E-state index < -0.39 is 12.6 Å². The Balaban J connectivity index is 2.59. The van der Waals surface area contributed by atoms with Crippen LogP contribution in [-0.2, 0) is 11.3 Å². The lowest BCUT2D eigenvalue weighted by Crippen LogP contribution is -2.33. The van der Waals surface area contributed by atoms with Crippen LogP contribution in [0.2, 0.25) is 0 Å². The number of aliphatic hydroxyl groups excluding tert-OH is 2. The first-order valence-electron chi connectivity index (χ1n) is 8.18. The van der Waals surface area contributed by atoms with Gasteiger partial charge in [-0.2, -0.15) is 0 Å². The number of hydrogen-bond acceptors (Lipinski definition) is 7. The van der Waals surface area contributed by atoms with Crippen LogP contribution in [0.1, 0.15) is 23.8 Å². The maximum absolute atomic E-state index is 10.1. The molecule has 0 spiro atoms. The molecule has 2 atom stereocenters. The minimum atomic E-state index is -1.03. The second kappa shape index (κ2) is 10.6. The Kier molecular flexibility index (Phi) is 9.20. The zero-order valence-electron chi connectivity index (χ0n) is 15.4. The molecule has 4 N–H and O–H groups in total. The van der Waals surface area contributed by atoms with Gasteiger partial charge in [0.1, 0.15) is 6.23 Å². The predicted molar refractivity (Wildman–Crippen MR) is 96.8 cm³/mol. The van der Waals surface area contributed by atoms with Crippen LogP contribution < -0.4 is 15.5 Å². The highest BCUT2D eigenvalue weighted by Crippen LogP contribution is 2.23. The van der Waals surface area contributed by atoms with E-state index in [1.54, 1.807) is 7.05 Å². The standard InChI is InChI=1S/C17H32N4O3/c1-18-16(22)15-11-14(21(4)5)8-7-13(15)12-24-17(23)19-9-6-10-20(2)3/h7-8,11,16-19,22-23H,6,9-10,12H2,1-5H3/t16?,17-/m0/s1. The van der Waals surface area contributed by atoms with Gasteiger partial charge in [-0.1, -0.05) is 6.07 Å². The topological polar surface area (TPSA) is 80.2 Å². The van der Waals surface area contributed by atoms with Gasteiger partial charge in [0, 0.05) is 31.9 Å². The molecule has 0 aliphatic carbocycles. The van der Waals surface area contributed by atoms with Crippen LogP contribution in [0.15, 0.2) is 18.2 Å². The van der Waals surface area contributed by atoms with Gasteiger partial charge in [0.15, 0.2) is 0 Å². The molecule has 0 fully saturated rings. The van der Waals surface area contributed by atoms with Gasteiger partial charge in [-0.05, 0) is 51.8 Å². The Morgan fingerprint density at radius 2 is 1.88 bits per heavy atom. The van der Waals surface area contributed by atoms with Crippen molar-refractivity contribution in [1.29, 1.82) is 0 Å². The van der Waals surface area contributed by atoms with Crippen molar-refractivity contribution < 1.29 is 14.9 Å². The van der Waals surface area contributed by atoms with Crippen molar-refractivity contribution in [2.24, 2.45) is 0 Å². The summed E-state index contributed by atoms with van der Waals surface area (Å²) in [7, 11) is 9.61. The van der Waals surface area contributed by atoms with Crippen LogP contribution in [0.4, 0.5) is 5.69 Å². The molecular formula is C17H32N4O3. The highest BCUT2D eigenvalue weighted by atomic mass is 16.6. The average molecular weight is 340 g/mol. The third kappa shape index (κ3) is 7.12. The van der Waals surface area contributed by atoms with E-state index in [1.165, 1.54) is 0 Å². The quantitative estimate of drug-likeness (QED) is 0.341. The van der Waals surface area contributed by atoms with E-state index in [1.807, 2.05) is 51.3 Å². The predicted octanol–water partition coefficient (Wildman–Crippen LogP) is 0.297. The van der Waals surface area contributed by atoms with E-state index in [4.69, 9.17) is 4.74 Å². The number of rotatable bonds is 11. The zero-order valence-corrected chi connectivity index (χ0v) is 15.4. The van der Waals surface area contributed by atoms with Gasteiger partial charge >= 0.3 is 0 Å². The molecule has 0 aliphatic heterocycles. The normalized spacial score (nSPS) is 14.0. The van der Waals surface area contributed by atoms with Crippen molar-refractivity contribution in [2.45, 2.75) is 25.7 Å². The lowest BCUT2D eigenvalue weighted by molar-refractivity contribution is -0.128. The number of anilines is 1. The molecule has 1 rings (SSSR count). The van der Waals surface area contributed by atoms with Gasteiger partial charge in [0.25, 0.3) is 0 Å². The molecule has 0 aliphatic rings. The molecule has 7 heteroatoms. The fourth-order valence-corrected chi connectivity index (χ4v) is 2.25. The molecule has 1 aromatic carbocycles. The molecule has 0 amide bonds. The Labute approximate surface area is 145 Å². The van der Waals surface area contributed by atoms with Crippen LogP contribution in [-0.4, -0.2) is 69.9 Å². The first kappa shape index (κ1) is 20.8. The first-order chi connectivity index (χ1) is 11.3. The van der Waals surface area contributed by atoms with E-state index in [2.05, 4.69) is 15.5 Å². The van der Waals surface area contributed by atoms with Crippen LogP contribution in [0.3, 0.4) is 0 Å². The molecule has 0 radical (unpaired) electrons. The van der Waals surface area contributed by atoms with E-state index in [0.717, 1.165) is 29.8 Å². The van der Waals surface area contributed by atoms with E-state index in [9.17, 15) is 10.2 Å². The zero-order chi connectivity index (χ0) is 18.1. The van der Waals surface area contributed by atoms with Crippen molar-refractivity contribution in [3.05, 3.63) is 29.3 Å². The monoisotopic (exact) mass is 340 g/mol. The van der Waals surface area contributed by atoms with Crippen LogP contribution >= 0.6 is 0 Å². The molecule has 1 unspecified atom stereocenters. The Hall–Kier alpha value is -1.22. The second-order valence-electron chi connectivity index (χ2n) is 6.24. The molecule has 0 aromatic heterocycles. The highest BCUT2D eigenvalue weighted by molar-refractivity contribution is 5.50. The summed E-state index contributed by atoms with van der Waals surface area (Å²) in [6.07, 6.45) is -0.886. The van der Waals surface area contributed by atoms with E-state index >= 15 is 0 Å². The molecule has 7 nitrogen and oxygen atoms in total. The lowest BCUT2D eigenvalue weighted by Gasteiger charge is -2.21. The van der Waals surface area contributed by atoms with E-state index in [0.29, 0.717) is 6.54 Å². The first-order valence-corrected chi connectivity index (χ1v) is 8.18. The average Bonchev–Trinajstić information content (AvgIpc) is 2.55. The molecule has 1 aromatic rings. The van der Waals surface area contributed by atoms with Gasteiger partial charge in [-0.15, -0.1) is 0 Å². The van der Waals surface area contributed by atoms with E-state index in [-0.39, 0.29) is 6.61 Å². The highest BCUT2D eigenvalue weighted by Gasteiger charge is 2.14. The summed E-state index contributed by atoms with van der Waals surface area (Å²) in [6.45, 7) is 1.83. The maximum atomic E-state index is 10.1. The van der Waals surface area contributed by atoms with Crippen LogP contribution in [0.5, 0.6) is 0 Å². The number of ether oxygens (including phenoxy) is 1. The van der Waals surface area contributed by atoms with Crippen molar-refractivity contribution >= 4 is 5.69 Å². The largest absolute Gasteiger partial charge is 0.378 e. The number of benzene rings is 1. The van der Waals surface area contributed by atoms with Gasteiger partial charge in [0.05, 0.1) is 6.61 Å². The fourth-order valence-electron chi connectivity index (χ4n) is 2.25. The summed E-state index contributed by atoms with van der Waals surface area (Å²) < 4.78 is 5.45. The number of nitrogens with one attached hydrogen (secondary N) is 2. The van der Waals surface area contributed by atoms with Gasteiger partial charge in [0.2, 0.25) is 6.41 Å².